The standard InChI is InChI=1S/C21H26NO8P/c1-3-29-31(28,30-4-2)21(13-15-6-9-17(24)19(26)12-15)22-20(27)10-7-14-5-8-16(23)18(25)11-14/h5-12,21,23-26H,3-4,13H2,1-2H3,(H,22,27)/b10-7+. The molecule has 2 aromatic carbocycles. The third-order valence-electron chi connectivity index (χ3n) is 4.20. The van der Waals surface area contributed by atoms with Gasteiger partial charge in [0.25, 0.3) is 0 Å². The van der Waals surface area contributed by atoms with E-state index in [4.69, 9.17) is 9.05 Å². The average molecular weight is 451 g/mol. The third kappa shape index (κ3) is 6.75. The van der Waals surface area contributed by atoms with Crippen molar-refractivity contribution >= 4 is 19.6 Å². The molecule has 1 atom stereocenters. The molecule has 31 heavy (non-hydrogen) atoms. The number of amides is 1. The van der Waals surface area contributed by atoms with Crippen LogP contribution < -0.4 is 5.32 Å². The van der Waals surface area contributed by atoms with Crippen molar-refractivity contribution in [3.63, 3.8) is 0 Å². The van der Waals surface area contributed by atoms with E-state index >= 15 is 0 Å². The third-order valence-corrected chi connectivity index (χ3v) is 6.52. The number of phenols is 4. The summed E-state index contributed by atoms with van der Waals surface area (Å²) in [5.74, 6) is -2.93. The molecule has 1 unspecified atom stereocenters. The predicted octanol–water partition coefficient (Wildman–Crippen LogP) is 3.47. The van der Waals surface area contributed by atoms with Gasteiger partial charge in [-0.1, -0.05) is 12.1 Å². The first kappa shape index (κ1) is 24.3. The molecule has 0 aliphatic rings. The highest BCUT2D eigenvalue weighted by Crippen LogP contribution is 2.53. The molecule has 0 saturated heterocycles. The van der Waals surface area contributed by atoms with E-state index in [2.05, 4.69) is 5.32 Å². The summed E-state index contributed by atoms with van der Waals surface area (Å²) in [5, 5.41) is 40.8. The van der Waals surface area contributed by atoms with Crippen LogP contribution in [0.2, 0.25) is 0 Å². The molecule has 0 saturated carbocycles. The second-order valence-corrected chi connectivity index (χ2v) is 8.73. The van der Waals surface area contributed by atoms with Gasteiger partial charge in [0, 0.05) is 12.5 Å². The van der Waals surface area contributed by atoms with E-state index in [0.29, 0.717) is 11.1 Å². The Hall–Kier alpha value is -3.00. The fourth-order valence-electron chi connectivity index (χ4n) is 2.77. The average Bonchev–Trinajstić information content (AvgIpc) is 2.71. The number of hydrogen-bond acceptors (Lipinski definition) is 8. The van der Waals surface area contributed by atoms with Crippen LogP contribution in [0.15, 0.2) is 42.5 Å². The highest BCUT2D eigenvalue weighted by molar-refractivity contribution is 7.54. The van der Waals surface area contributed by atoms with E-state index in [-0.39, 0.29) is 42.6 Å². The van der Waals surface area contributed by atoms with Gasteiger partial charge in [-0.25, -0.2) is 0 Å². The molecule has 0 aliphatic carbocycles. The number of carbonyl (C=O) groups excluding carboxylic acids is 1. The van der Waals surface area contributed by atoms with Gasteiger partial charge in [-0.05, 0) is 55.3 Å². The minimum atomic E-state index is -3.77. The predicted molar refractivity (Wildman–Crippen MR) is 115 cm³/mol. The number of rotatable bonds is 10. The molecule has 9 nitrogen and oxygen atoms in total. The smallest absolute Gasteiger partial charge is 0.353 e. The quantitative estimate of drug-likeness (QED) is 0.210. The molecule has 1 amide bonds. The number of nitrogens with one attached hydrogen (secondary N) is 1. The molecule has 168 valence electrons. The van der Waals surface area contributed by atoms with Crippen molar-refractivity contribution in [3.05, 3.63) is 53.6 Å². The summed E-state index contributed by atoms with van der Waals surface area (Å²) in [4.78, 5) is 12.5. The molecule has 0 heterocycles. The lowest BCUT2D eigenvalue weighted by atomic mass is 10.1. The van der Waals surface area contributed by atoms with Crippen LogP contribution in [0.25, 0.3) is 6.08 Å². The normalized spacial score (nSPS) is 12.7. The van der Waals surface area contributed by atoms with Gasteiger partial charge in [0.15, 0.2) is 23.0 Å². The van der Waals surface area contributed by atoms with Gasteiger partial charge in [0.1, 0.15) is 5.78 Å². The van der Waals surface area contributed by atoms with Crippen molar-refractivity contribution in [1.82, 2.24) is 5.32 Å². The first-order chi connectivity index (χ1) is 14.7. The number of aromatic hydroxyl groups is 4. The van der Waals surface area contributed by atoms with E-state index in [0.717, 1.165) is 0 Å². The summed E-state index contributed by atoms with van der Waals surface area (Å²) in [6, 6.07) is 8.16. The van der Waals surface area contributed by atoms with E-state index in [1.54, 1.807) is 13.8 Å². The topological polar surface area (TPSA) is 146 Å². The zero-order chi connectivity index (χ0) is 23.0. The number of benzene rings is 2. The summed E-state index contributed by atoms with van der Waals surface area (Å²) in [7, 11) is -3.77. The minimum absolute atomic E-state index is 0.00466. The van der Waals surface area contributed by atoms with Crippen LogP contribution in [0.3, 0.4) is 0 Å². The molecule has 2 aromatic rings. The van der Waals surface area contributed by atoms with Crippen molar-refractivity contribution in [3.8, 4) is 23.0 Å². The van der Waals surface area contributed by atoms with Gasteiger partial charge < -0.3 is 34.8 Å². The first-order valence-corrected chi connectivity index (χ1v) is 11.2. The molecular weight excluding hydrogens is 425 g/mol. The van der Waals surface area contributed by atoms with Gasteiger partial charge >= 0.3 is 7.60 Å². The monoisotopic (exact) mass is 451 g/mol. The maximum Gasteiger partial charge on any atom is 0.353 e. The maximum atomic E-state index is 13.3. The van der Waals surface area contributed by atoms with Gasteiger partial charge in [-0.2, -0.15) is 0 Å². The largest absolute Gasteiger partial charge is 0.504 e. The highest BCUT2D eigenvalue weighted by Gasteiger charge is 2.36. The van der Waals surface area contributed by atoms with Crippen LogP contribution in [0.5, 0.6) is 23.0 Å². The fourth-order valence-corrected chi connectivity index (χ4v) is 4.64. The summed E-state index contributed by atoms with van der Waals surface area (Å²) in [6.07, 6.45) is 2.59. The molecule has 2 rings (SSSR count). The lowest BCUT2D eigenvalue weighted by molar-refractivity contribution is -0.116. The number of carbonyl (C=O) groups is 1. The van der Waals surface area contributed by atoms with Crippen molar-refractivity contribution < 1.29 is 38.8 Å². The number of hydrogen-bond donors (Lipinski definition) is 5. The Bertz CT molecular complexity index is 981. The van der Waals surface area contributed by atoms with Gasteiger partial charge in [0.2, 0.25) is 5.91 Å². The Morgan fingerprint density at radius 3 is 2.10 bits per heavy atom. The summed E-state index contributed by atoms with van der Waals surface area (Å²) in [6.45, 7) is 3.47. The molecule has 5 N–H and O–H groups in total. The van der Waals surface area contributed by atoms with Crippen LogP contribution in [-0.2, 0) is 24.8 Å². The molecular formula is C21H26NO8P. The van der Waals surface area contributed by atoms with Crippen LogP contribution >= 0.6 is 7.60 Å². The van der Waals surface area contributed by atoms with Crippen LogP contribution in [0, 0.1) is 0 Å². The molecule has 0 bridgehead atoms. The minimum Gasteiger partial charge on any atom is -0.504 e. The van der Waals surface area contributed by atoms with Crippen molar-refractivity contribution in [2.75, 3.05) is 13.2 Å². The van der Waals surface area contributed by atoms with Crippen LogP contribution in [-0.4, -0.2) is 45.3 Å². The summed E-state index contributed by atoms with van der Waals surface area (Å²) >= 11 is 0. The van der Waals surface area contributed by atoms with E-state index < -0.39 is 19.3 Å². The second kappa shape index (κ2) is 10.9. The molecule has 0 radical (unpaired) electrons. The Balaban J connectivity index is 2.26. The SMILES string of the molecule is CCOP(=O)(OCC)C(Cc1ccc(O)c(O)c1)NC(=O)/C=C/c1ccc(O)c(O)c1. The van der Waals surface area contributed by atoms with Gasteiger partial charge in [-0.3, -0.25) is 9.36 Å². The molecule has 0 aliphatic heterocycles. The highest BCUT2D eigenvalue weighted by atomic mass is 31.2. The van der Waals surface area contributed by atoms with Gasteiger partial charge in [-0.15, -0.1) is 0 Å². The Kier molecular flexibility index (Phi) is 8.50. The zero-order valence-corrected chi connectivity index (χ0v) is 18.1. The lowest BCUT2D eigenvalue weighted by Crippen LogP contribution is -2.36. The van der Waals surface area contributed by atoms with Crippen molar-refractivity contribution in [2.45, 2.75) is 26.1 Å². The maximum absolute atomic E-state index is 13.3. The van der Waals surface area contributed by atoms with Crippen molar-refractivity contribution in [2.24, 2.45) is 0 Å². The Morgan fingerprint density at radius 2 is 1.55 bits per heavy atom. The van der Waals surface area contributed by atoms with Crippen molar-refractivity contribution in [1.29, 1.82) is 0 Å². The first-order valence-electron chi connectivity index (χ1n) is 9.58. The lowest BCUT2D eigenvalue weighted by Gasteiger charge is -2.27. The van der Waals surface area contributed by atoms with E-state index in [1.165, 1.54) is 48.6 Å². The Morgan fingerprint density at radius 1 is 0.968 bits per heavy atom. The Labute approximate surface area is 180 Å². The molecule has 10 heteroatoms. The van der Waals surface area contributed by atoms with Crippen LogP contribution in [0.4, 0.5) is 0 Å². The van der Waals surface area contributed by atoms with Gasteiger partial charge in [0.05, 0.1) is 13.2 Å². The summed E-state index contributed by atoms with van der Waals surface area (Å²) < 4.78 is 24.1. The molecule has 0 fully saturated rings. The van der Waals surface area contributed by atoms with Crippen LogP contribution in [0.1, 0.15) is 25.0 Å². The molecule has 0 aromatic heterocycles. The summed E-state index contributed by atoms with van der Waals surface area (Å²) in [5.41, 5.74) is 0.955. The van der Waals surface area contributed by atoms with E-state index in [1.807, 2.05) is 0 Å². The molecule has 0 spiro atoms. The number of phenolic OH excluding ortho intramolecular Hbond substituents is 4. The zero-order valence-electron chi connectivity index (χ0n) is 17.2. The van der Waals surface area contributed by atoms with E-state index in [9.17, 15) is 29.8 Å². The fraction of sp³-hybridized carbons (Fsp3) is 0.286. The second-order valence-electron chi connectivity index (χ2n) is 6.51.